The maximum Gasteiger partial charge on any atom is 0.0176 e. The van der Waals surface area contributed by atoms with E-state index in [2.05, 4.69) is 52.8 Å². The van der Waals surface area contributed by atoms with Crippen LogP contribution >= 0.6 is 40.3 Å². The molecule has 0 N–H and O–H groups in total. The van der Waals surface area contributed by atoms with Crippen LogP contribution in [0.3, 0.4) is 0 Å². The summed E-state index contributed by atoms with van der Waals surface area (Å²) in [4.78, 5) is 1.36. The number of rotatable bonds is 6. The lowest BCUT2D eigenvalue weighted by Gasteiger charge is -2.01. The maximum absolute atomic E-state index is 4.19. The van der Waals surface area contributed by atoms with Crippen LogP contribution in [0.1, 0.15) is 19.3 Å². The first-order valence-corrected chi connectivity index (χ1v) is 7.23. The van der Waals surface area contributed by atoms with Crippen molar-refractivity contribution in [3.05, 3.63) is 28.7 Å². The lowest BCUT2D eigenvalue weighted by molar-refractivity contribution is 0.787. The summed E-state index contributed by atoms with van der Waals surface area (Å²) >= 11 is 9.56. The number of unbranched alkanes of at least 4 members (excludes halogenated alkanes) is 2. The zero-order chi connectivity index (χ0) is 10.2. The Hall–Kier alpha value is 0.400. The molecule has 0 heterocycles. The first kappa shape index (κ1) is 12.5. The minimum absolute atomic E-state index is 1.02. The molecular weight excluding hydrogens is 276 g/mol. The normalized spacial score (nSPS) is 10.4. The van der Waals surface area contributed by atoms with Gasteiger partial charge in [0, 0.05) is 9.37 Å². The molecule has 14 heavy (non-hydrogen) atoms. The third-order valence-electron chi connectivity index (χ3n) is 1.88. The van der Waals surface area contributed by atoms with Crippen LogP contribution in [0.4, 0.5) is 0 Å². The Kier molecular flexibility index (Phi) is 6.82. The largest absolute Gasteiger partial charge is 0.179 e. The summed E-state index contributed by atoms with van der Waals surface area (Å²) in [5, 5.41) is 0. The third-order valence-corrected chi connectivity index (χ3v) is 3.83. The fourth-order valence-corrected chi connectivity index (χ4v) is 2.51. The summed E-state index contributed by atoms with van der Waals surface area (Å²) in [6.45, 7) is 0. The van der Waals surface area contributed by atoms with Gasteiger partial charge in [-0.1, -0.05) is 22.4 Å². The molecule has 0 spiro atoms. The van der Waals surface area contributed by atoms with Crippen LogP contribution in [-0.4, -0.2) is 11.5 Å². The van der Waals surface area contributed by atoms with Crippen molar-refractivity contribution in [3.63, 3.8) is 0 Å². The molecule has 0 nitrogen and oxygen atoms in total. The molecule has 0 amide bonds. The van der Waals surface area contributed by atoms with Crippen molar-refractivity contribution < 1.29 is 0 Å². The third kappa shape index (κ3) is 5.32. The van der Waals surface area contributed by atoms with Gasteiger partial charge in [-0.3, -0.25) is 0 Å². The average molecular weight is 291 g/mol. The van der Waals surface area contributed by atoms with E-state index in [4.69, 9.17) is 0 Å². The highest BCUT2D eigenvalue weighted by molar-refractivity contribution is 9.10. The predicted molar refractivity (Wildman–Crippen MR) is 72.6 cm³/mol. The van der Waals surface area contributed by atoms with Gasteiger partial charge in [0.1, 0.15) is 0 Å². The summed E-state index contributed by atoms with van der Waals surface area (Å²) in [6.07, 6.45) is 3.83. The minimum Gasteiger partial charge on any atom is -0.179 e. The topological polar surface area (TPSA) is 0 Å². The van der Waals surface area contributed by atoms with E-state index in [1.165, 1.54) is 29.9 Å². The molecule has 0 aromatic heterocycles. The maximum atomic E-state index is 4.19. The van der Waals surface area contributed by atoms with Crippen LogP contribution in [0.2, 0.25) is 0 Å². The van der Waals surface area contributed by atoms with Gasteiger partial charge in [0.15, 0.2) is 0 Å². The molecule has 0 fully saturated rings. The van der Waals surface area contributed by atoms with Crippen molar-refractivity contribution in [1.82, 2.24) is 0 Å². The monoisotopic (exact) mass is 290 g/mol. The second-order valence-electron chi connectivity index (χ2n) is 3.09. The fourth-order valence-electron chi connectivity index (χ4n) is 1.11. The van der Waals surface area contributed by atoms with Crippen molar-refractivity contribution in [1.29, 1.82) is 0 Å². The molecular formula is C11H15BrS2. The van der Waals surface area contributed by atoms with Gasteiger partial charge in [-0.05, 0) is 48.6 Å². The molecule has 0 bridgehead atoms. The Bertz CT molecular complexity index is 246. The van der Waals surface area contributed by atoms with Crippen LogP contribution in [-0.2, 0) is 0 Å². The highest BCUT2D eigenvalue weighted by atomic mass is 79.9. The van der Waals surface area contributed by atoms with E-state index in [0.717, 1.165) is 10.2 Å². The number of hydrogen-bond acceptors (Lipinski definition) is 2. The Morgan fingerprint density at radius 2 is 1.79 bits per heavy atom. The molecule has 3 heteroatoms. The molecule has 0 aliphatic carbocycles. The summed E-state index contributed by atoms with van der Waals surface area (Å²) in [7, 11) is 0. The van der Waals surface area contributed by atoms with E-state index >= 15 is 0 Å². The summed E-state index contributed by atoms with van der Waals surface area (Å²) < 4.78 is 1.15. The Balaban J connectivity index is 2.15. The van der Waals surface area contributed by atoms with E-state index in [9.17, 15) is 0 Å². The molecule has 0 aliphatic heterocycles. The van der Waals surface area contributed by atoms with Crippen molar-refractivity contribution in [3.8, 4) is 0 Å². The van der Waals surface area contributed by atoms with Gasteiger partial charge >= 0.3 is 0 Å². The molecule has 0 saturated carbocycles. The van der Waals surface area contributed by atoms with Crippen LogP contribution in [0.15, 0.2) is 33.6 Å². The van der Waals surface area contributed by atoms with E-state index in [0.29, 0.717) is 0 Å². The lowest BCUT2D eigenvalue weighted by atomic mass is 10.3. The molecule has 78 valence electrons. The predicted octanol–water partition coefficient (Wildman–Crippen LogP) is 4.64. The number of thioether (sulfide) groups is 1. The Morgan fingerprint density at radius 3 is 2.43 bits per heavy atom. The molecule has 0 saturated heterocycles. The molecule has 0 unspecified atom stereocenters. The van der Waals surface area contributed by atoms with Crippen LogP contribution in [0.5, 0.6) is 0 Å². The minimum atomic E-state index is 1.02. The standard InChI is InChI=1S/C11H15BrS2/c12-10-4-6-11(7-5-10)14-9-3-1-2-8-13/h4-7,13H,1-3,8-9H2. The smallest absolute Gasteiger partial charge is 0.0176 e. The molecule has 1 aromatic carbocycles. The van der Waals surface area contributed by atoms with E-state index in [1.807, 2.05) is 11.8 Å². The van der Waals surface area contributed by atoms with Gasteiger partial charge in [-0.2, -0.15) is 12.6 Å². The summed E-state index contributed by atoms with van der Waals surface area (Å²) in [6, 6.07) is 8.51. The fraction of sp³-hybridized carbons (Fsp3) is 0.455. The van der Waals surface area contributed by atoms with Gasteiger partial charge < -0.3 is 0 Å². The van der Waals surface area contributed by atoms with Crippen molar-refractivity contribution >= 4 is 40.3 Å². The average Bonchev–Trinajstić information content (AvgIpc) is 2.21. The van der Waals surface area contributed by atoms with Crippen molar-refractivity contribution in [2.45, 2.75) is 24.2 Å². The number of halogens is 1. The number of benzene rings is 1. The zero-order valence-corrected chi connectivity index (χ0v) is 11.4. The van der Waals surface area contributed by atoms with Crippen LogP contribution in [0, 0.1) is 0 Å². The van der Waals surface area contributed by atoms with Crippen molar-refractivity contribution in [2.24, 2.45) is 0 Å². The van der Waals surface area contributed by atoms with E-state index in [1.54, 1.807) is 0 Å². The quantitative estimate of drug-likeness (QED) is 0.452. The SMILES string of the molecule is SCCCCCSc1ccc(Br)cc1. The van der Waals surface area contributed by atoms with Crippen LogP contribution < -0.4 is 0 Å². The Labute approximate surface area is 104 Å². The lowest BCUT2D eigenvalue weighted by Crippen LogP contribution is -1.82. The van der Waals surface area contributed by atoms with Gasteiger partial charge in [0.25, 0.3) is 0 Å². The zero-order valence-electron chi connectivity index (χ0n) is 8.08. The van der Waals surface area contributed by atoms with Gasteiger partial charge in [0.2, 0.25) is 0 Å². The first-order chi connectivity index (χ1) is 6.83. The van der Waals surface area contributed by atoms with E-state index < -0.39 is 0 Å². The first-order valence-electron chi connectivity index (χ1n) is 4.82. The summed E-state index contributed by atoms with van der Waals surface area (Å²) in [5.41, 5.74) is 0. The second-order valence-corrected chi connectivity index (χ2v) is 5.62. The molecule has 0 radical (unpaired) electrons. The van der Waals surface area contributed by atoms with Gasteiger partial charge in [0.05, 0.1) is 0 Å². The number of thiol groups is 1. The Morgan fingerprint density at radius 1 is 1.07 bits per heavy atom. The second kappa shape index (κ2) is 7.66. The summed E-state index contributed by atoms with van der Waals surface area (Å²) in [5.74, 6) is 2.23. The molecule has 0 atom stereocenters. The van der Waals surface area contributed by atoms with Gasteiger partial charge in [-0.25, -0.2) is 0 Å². The molecule has 0 aliphatic rings. The van der Waals surface area contributed by atoms with Crippen molar-refractivity contribution in [2.75, 3.05) is 11.5 Å². The molecule has 1 rings (SSSR count). The number of hydrogen-bond donors (Lipinski definition) is 1. The molecule has 1 aromatic rings. The highest BCUT2D eigenvalue weighted by Crippen LogP contribution is 2.21. The van der Waals surface area contributed by atoms with Crippen LogP contribution in [0.25, 0.3) is 0 Å². The van der Waals surface area contributed by atoms with Gasteiger partial charge in [-0.15, -0.1) is 11.8 Å². The highest BCUT2D eigenvalue weighted by Gasteiger charge is 1.94. The van der Waals surface area contributed by atoms with E-state index in [-0.39, 0.29) is 0 Å².